The van der Waals surface area contributed by atoms with Crippen LogP contribution >= 0.6 is 11.8 Å². The van der Waals surface area contributed by atoms with Gasteiger partial charge in [0.1, 0.15) is 5.75 Å². The van der Waals surface area contributed by atoms with E-state index in [0.717, 1.165) is 27.3 Å². The molecule has 0 unspecified atom stereocenters. The maximum Gasteiger partial charge on any atom is 0.191 e. The molecule has 0 saturated heterocycles. The third-order valence-corrected chi connectivity index (χ3v) is 4.37. The van der Waals surface area contributed by atoms with Crippen molar-refractivity contribution >= 4 is 23.6 Å². The molecule has 1 aliphatic heterocycles. The molecule has 1 heterocycles. The van der Waals surface area contributed by atoms with Crippen LogP contribution in [0.3, 0.4) is 0 Å². The lowest BCUT2D eigenvalue weighted by atomic mass is 10.0. The molecule has 100 valence electrons. The molecule has 2 aromatic rings. The minimum Gasteiger partial charge on any atom is -0.497 e. The fraction of sp³-hybridized carbons (Fsp3) is 0.118. The highest BCUT2D eigenvalue weighted by atomic mass is 32.2. The third-order valence-electron chi connectivity index (χ3n) is 3.25. The van der Waals surface area contributed by atoms with Crippen molar-refractivity contribution < 1.29 is 9.53 Å². The van der Waals surface area contributed by atoms with Gasteiger partial charge >= 0.3 is 0 Å². The molecule has 0 saturated carbocycles. The average molecular weight is 282 g/mol. The summed E-state index contributed by atoms with van der Waals surface area (Å²) in [6.07, 6.45) is 1.97. The molecule has 2 nitrogen and oxygen atoms in total. The Balaban J connectivity index is 1.98. The van der Waals surface area contributed by atoms with E-state index in [1.807, 2.05) is 54.6 Å². The van der Waals surface area contributed by atoms with Crippen LogP contribution in [-0.4, -0.2) is 18.6 Å². The number of hydrogen-bond donors (Lipinski definition) is 0. The van der Waals surface area contributed by atoms with Gasteiger partial charge in [-0.2, -0.15) is 0 Å². The van der Waals surface area contributed by atoms with E-state index in [1.54, 1.807) is 18.9 Å². The van der Waals surface area contributed by atoms with Gasteiger partial charge in [-0.25, -0.2) is 0 Å². The maximum atomic E-state index is 12.6. The van der Waals surface area contributed by atoms with E-state index in [1.165, 1.54) is 0 Å². The van der Waals surface area contributed by atoms with Crippen LogP contribution in [0.15, 0.2) is 59.0 Å². The van der Waals surface area contributed by atoms with Crippen molar-refractivity contribution in [1.29, 1.82) is 0 Å². The minimum atomic E-state index is 0.0986. The Morgan fingerprint density at radius 2 is 1.95 bits per heavy atom. The predicted molar refractivity (Wildman–Crippen MR) is 82.5 cm³/mol. The van der Waals surface area contributed by atoms with Gasteiger partial charge in [-0.1, -0.05) is 30.3 Å². The van der Waals surface area contributed by atoms with Crippen molar-refractivity contribution in [2.45, 2.75) is 4.90 Å². The quantitative estimate of drug-likeness (QED) is 0.777. The standard InChI is InChI=1S/C17H14O2S/c1-19-14-7-8-16-15(10-14)17(18)13(11-20-16)9-12-5-3-2-4-6-12/h2-10H,11H2,1H3. The molecule has 1 aliphatic rings. The molecular weight excluding hydrogens is 268 g/mol. The lowest BCUT2D eigenvalue weighted by molar-refractivity contribution is 0.103. The van der Waals surface area contributed by atoms with Gasteiger partial charge in [-0.3, -0.25) is 4.79 Å². The van der Waals surface area contributed by atoms with E-state index in [9.17, 15) is 4.79 Å². The highest BCUT2D eigenvalue weighted by Crippen LogP contribution is 2.35. The fourth-order valence-corrected chi connectivity index (χ4v) is 3.19. The lowest BCUT2D eigenvalue weighted by Crippen LogP contribution is -2.12. The van der Waals surface area contributed by atoms with Gasteiger partial charge in [0.2, 0.25) is 0 Å². The summed E-state index contributed by atoms with van der Waals surface area (Å²) in [5, 5.41) is 0. The summed E-state index contributed by atoms with van der Waals surface area (Å²) >= 11 is 1.69. The number of rotatable bonds is 2. The molecule has 0 spiro atoms. The summed E-state index contributed by atoms with van der Waals surface area (Å²) in [7, 11) is 1.61. The van der Waals surface area contributed by atoms with Gasteiger partial charge in [0.25, 0.3) is 0 Å². The first-order valence-electron chi connectivity index (χ1n) is 6.39. The largest absolute Gasteiger partial charge is 0.497 e. The molecule has 0 N–H and O–H groups in total. The number of Topliss-reactive ketones (excluding diaryl/α,β-unsaturated/α-hetero) is 1. The number of ketones is 1. The summed E-state index contributed by atoms with van der Waals surface area (Å²) in [4.78, 5) is 13.6. The molecule has 0 amide bonds. The number of carbonyl (C=O) groups excluding carboxylic acids is 1. The number of fused-ring (bicyclic) bond motifs is 1. The van der Waals surface area contributed by atoms with Gasteiger partial charge in [-0.05, 0) is 29.8 Å². The normalized spacial score (nSPS) is 16.1. The Morgan fingerprint density at radius 1 is 1.15 bits per heavy atom. The average Bonchev–Trinajstić information content (AvgIpc) is 2.51. The molecule has 2 aromatic carbocycles. The maximum absolute atomic E-state index is 12.6. The van der Waals surface area contributed by atoms with Crippen LogP contribution in [0.2, 0.25) is 0 Å². The van der Waals surface area contributed by atoms with Crippen LogP contribution in [0, 0.1) is 0 Å². The van der Waals surface area contributed by atoms with Crippen LogP contribution in [-0.2, 0) is 0 Å². The van der Waals surface area contributed by atoms with E-state index < -0.39 is 0 Å². The van der Waals surface area contributed by atoms with Crippen LogP contribution in [0.4, 0.5) is 0 Å². The molecule has 3 rings (SSSR count). The monoisotopic (exact) mass is 282 g/mol. The Bertz CT molecular complexity index is 675. The molecule has 0 aromatic heterocycles. The van der Waals surface area contributed by atoms with Gasteiger partial charge in [0, 0.05) is 21.8 Å². The number of ether oxygens (including phenoxy) is 1. The number of carbonyl (C=O) groups is 1. The first-order valence-corrected chi connectivity index (χ1v) is 7.37. The zero-order valence-corrected chi connectivity index (χ0v) is 11.9. The summed E-state index contributed by atoms with van der Waals surface area (Å²) < 4.78 is 5.20. The van der Waals surface area contributed by atoms with Gasteiger partial charge in [-0.15, -0.1) is 11.8 Å². The molecule has 3 heteroatoms. The highest BCUT2D eigenvalue weighted by molar-refractivity contribution is 7.99. The topological polar surface area (TPSA) is 26.3 Å². The molecule has 0 bridgehead atoms. The molecule has 20 heavy (non-hydrogen) atoms. The van der Waals surface area contributed by atoms with Crippen molar-refractivity contribution in [2.24, 2.45) is 0 Å². The van der Waals surface area contributed by atoms with Crippen molar-refractivity contribution in [2.75, 3.05) is 12.9 Å². The van der Waals surface area contributed by atoms with E-state index >= 15 is 0 Å². The smallest absolute Gasteiger partial charge is 0.191 e. The zero-order chi connectivity index (χ0) is 13.9. The van der Waals surface area contributed by atoms with E-state index in [0.29, 0.717) is 5.75 Å². The Hall–Kier alpha value is -2.00. The first kappa shape index (κ1) is 13.0. The Labute approximate surface area is 122 Å². The van der Waals surface area contributed by atoms with E-state index in [-0.39, 0.29) is 5.78 Å². The number of hydrogen-bond acceptors (Lipinski definition) is 3. The summed E-state index contributed by atoms with van der Waals surface area (Å²) in [5.74, 6) is 1.53. The Morgan fingerprint density at radius 3 is 2.70 bits per heavy atom. The second-order valence-corrected chi connectivity index (χ2v) is 5.58. The van der Waals surface area contributed by atoms with Gasteiger partial charge in [0.05, 0.1) is 7.11 Å². The van der Waals surface area contributed by atoms with E-state index in [2.05, 4.69) is 0 Å². The molecule has 0 radical (unpaired) electrons. The second kappa shape index (κ2) is 5.55. The minimum absolute atomic E-state index is 0.0986. The SMILES string of the molecule is COc1ccc2c(c1)C(=O)C(=Cc1ccccc1)CS2. The fourth-order valence-electron chi connectivity index (χ4n) is 2.19. The van der Waals surface area contributed by atoms with Gasteiger partial charge < -0.3 is 4.74 Å². The Kier molecular flexibility index (Phi) is 3.61. The van der Waals surface area contributed by atoms with Crippen molar-refractivity contribution in [3.05, 3.63) is 65.2 Å². The summed E-state index contributed by atoms with van der Waals surface area (Å²) in [6, 6.07) is 15.6. The van der Waals surface area contributed by atoms with Crippen LogP contribution in [0.5, 0.6) is 5.75 Å². The number of methoxy groups -OCH3 is 1. The first-order chi connectivity index (χ1) is 9.78. The van der Waals surface area contributed by atoms with Crippen LogP contribution < -0.4 is 4.74 Å². The van der Waals surface area contributed by atoms with E-state index in [4.69, 9.17) is 4.74 Å². The van der Waals surface area contributed by atoms with Gasteiger partial charge in [0.15, 0.2) is 5.78 Å². The number of thioether (sulfide) groups is 1. The molecule has 0 atom stereocenters. The van der Waals surface area contributed by atoms with Crippen LogP contribution in [0.25, 0.3) is 6.08 Å². The molecular formula is C17H14O2S. The molecule has 0 aliphatic carbocycles. The summed E-state index contributed by atoms with van der Waals surface area (Å²) in [6.45, 7) is 0. The lowest BCUT2D eigenvalue weighted by Gasteiger charge is -2.17. The predicted octanol–water partition coefficient (Wildman–Crippen LogP) is 4.07. The second-order valence-electron chi connectivity index (χ2n) is 4.56. The summed E-state index contributed by atoms with van der Waals surface area (Å²) in [5.41, 5.74) is 2.63. The number of benzene rings is 2. The van der Waals surface area contributed by atoms with Crippen molar-refractivity contribution in [3.8, 4) is 5.75 Å². The molecule has 0 fully saturated rings. The highest BCUT2D eigenvalue weighted by Gasteiger charge is 2.22. The van der Waals surface area contributed by atoms with Crippen LogP contribution in [0.1, 0.15) is 15.9 Å². The van der Waals surface area contributed by atoms with Crippen molar-refractivity contribution in [3.63, 3.8) is 0 Å². The van der Waals surface area contributed by atoms with Crippen molar-refractivity contribution in [1.82, 2.24) is 0 Å². The third kappa shape index (κ3) is 2.49. The zero-order valence-electron chi connectivity index (χ0n) is 11.1.